The van der Waals surface area contributed by atoms with Crippen molar-refractivity contribution in [2.45, 2.75) is 0 Å². The van der Waals surface area contributed by atoms with Crippen LogP contribution in [0.15, 0.2) is 0 Å². The minimum atomic E-state index is -2.92. The largest absolute Gasteiger partial charge is 3.00 e. The van der Waals surface area contributed by atoms with Crippen LogP contribution in [0, 0.1) is 0 Å². The predicted octanol–water partition coefficient (Wildman–Crippen LogP) is -4.33. The Balaban J connectivity index is -0.0000000450. The molecule has 0 N–H and O–H groups in total. The quantitative estimate of drug-likeness (QED) is 0.312. The fourth-order valence-corrected chi connectivity index (χ4v) is 0. The number of hydrogen-bond donors (Lipinski definition) is 0. The maximum Gasteiger partial charge on any atom is 3.00 e. The van der Waals surface area contributed by atoms with Crippen molar-refractivity contribution in [3.63, 3.8) is 0 Å². The van der Waals surface area contributed by atoms with Crippen LogP contribution in [-0.2, 0) is 25.8 Å². The Morgan fingerprint density at radius 1 is 1.00 bits per heavy atom. The summed E-state index contributed by atoms with van der Waals surface area (Å²) < 4.78 is 0. The van der Waals surface area contributed by atoms with Crippen molar-refractivity contribution in [2.75, 3.05) is 0 Å². The summed E-state index contributed by atoms with van der Waals surface area (Å²) in [5, 5.41) is 25.2. The SMILES string of the molecule is [Al+3].[O-]B([O-])[O-].[Sc]. The molecule has 0 saturated heterocycles. The second kappa shape index (κ2) is 9.60. The van der Waals surface area contributed by atoms with E-state index in [1.54, 1.807) is 0 Å². The van der Waals surface area contributed by atoms with Gasteiger partial charge in [0.1, 0.15) is 0 Å². The van der Waals surface area contributed by atoms with Crippen molar-refractivity contribution < 1.29 is 40.9 Å². The van der Waals surface area contributed by atoms with E-state index in [-0.39, 0.29) is 43.2 Å². The van der Waals surface area contributed by atoms with E-state index in [4.69, 9.17) is 15.1 Å². The van der Waals surface area contributed by atoms with Crippen molar-refractivity contribution >= 4 is 24.7 Å². The average Bonchev–Trinajstić information content (AvgIpc) is 0.811. The van der Waals surface area contributed by atoms with Crippen molar-refractivity contribution in [1.29, 1.82) is 0 Å². The molecule has 0 aromatic heterocycles. The average molecular weight is 131 g/mol. The van der Waals surface area contributed by atoms with Crippen LogP contribution in [-0.4, -0.2) is 24.7 Å². The van der Waals surface area contributed by atoms with Crippen LogP contribution < -0.4 is 15.1 Å². The molecule has 0 atom stereocenters. The van der Waals surface area contributed by atoms with E-state index in [1.807, 2.05) is 0 Å². The zero-order valence-electron chi connectivity index (χ0n) is 2.96. The standard InChI is InChI=1S/Al.BO3.Sc/c;2-1(3)4;/q+3;-3;. The third-order valence-electron chi connectivity index (χ3n) is 0. The third kappa shape index (κ3) is 55.7. The van der Waals surface area contributed by atoms with Crippen LogP contribution in [0.5, 0.6) is 0 Å². The summed E-state index contributed by atoms with van der Waals surface area (Å²) in [6, 6.07) is 0. The molecule has 6 heavy (non-hydrogen) atoms. The molecule has 0 aliphatic carbocycles. The van der Waals surface area contributed by atoms with Crippen LogP contribution in [0.4, 0.5) is 0 Å². The Morgan fingerprint density at radius 3 is 1.00 bits per heavy atom. The molecular formula is AlBO3Sc. The van der Waals surface area contributed by atoms with Gasteiger partial charge in [0.15, 0.2) is 0 Å². The number of hydrogen-bond acceptors (Lipinski definition) is 3. The Morgan fingerprint density at radius 2 is 1.00 bits per heavy atom. The minimum Gasteiger partial charge on any atom is -0.907 e. The molecule has 0 amide bonds. The zero-order valence-corrected chi connectivity index (χ0v) is 5.91. The summed E-state index contributed by atoms with van der Waals surface area (Å²) >= 11 is 0. The summed E-state index contributed by atoms with van der Waals surface area (Å²) in [5.41, 5.74) is 0. The van der Waals surface area contributed by atoms with Crippen molar-refractivity contribution in [3.05, 3.63) is 0 Å². The Hall–Kier alpha value is 1.35. The van der Waals surface area contributed by atoms with Crippen LogP contribution in [0.2, 0.25) is 0 Å². The molecule has 0 aromatic carbocycles. The maximum atomic E-state index is 8.42. The van der Waals surface area contributed by atoms with Gasteiger partial charge in [-0.05, 0) is 0 Å². The van der Waals surface area contributed by atoms with E-state index >= 15 is 0 Å². The topological polar surface area (TPSA) is 69.2 Å². The first-order valence-corrected chi connectivity index (χ1v) is 0.707. The van der Waals surface area contributed by atoms with E-state index in [2.05, 4.69) is 0 Å². The molecule has 0 aliphatic heterocycles. The summed E-state index contributed by atoms with van der Waals surface area (Å²) in [4.78, 5) is 0. The van der Waals surface area contributed by atoms with Crippen LogP contribution in [0.3, 0.4) is 0 Å². The normalized spacial score (nSPS) is 4.50. The molecule has 27 valence electrons. The van der Waals surface area contributed by atoms with E-state index in [0.717, 1.165) is 0 Å². The maximum absolute atomic E-state index is 8.42. The summed E-state index contributed by atoms with van der Waals surface area (Å²) in [6.07, 6.45) is 0. The van der Waals surface area contributed by atoms with Gasteiger partial charge in [0.2, 0.25) is 0 Å². The van der Waals surface area contributed by atoms with E-state index < -0.39 is 7.32 Å². The monoisotopic (exact) mass is 131 g/mol. The molecule has 0 spiro atoms. The van der Waals surface area contributed by atoms with E-state index in [1.165, 1.54) is 0 Å². The van der Waals surface area contributed by atoms with Gasteiger partial charge >= 0.3 is 17.4 Å². The van der Waals surface area contributed by atoms with E-state index in [0.29, 0.717) is 0 Å². The molecule has 3 nitrogen and oxygen atoms in total. The van der Waals surface area contributed by atoms with Crippen molar-refractivity contribution in [1.82, 2.24) is 0 Å². The molecule has 0 rings (SSSR count). The Labute approximate surface area is 65.5 Å². The smallest absolute Gasteiger partial charge is 0.907 e. The minimum absolute atomic E-state index is 0. The zero-order chi connectivity index (χ0) is 3.58. The molecule has 6 heteroatoms. The van der Waals surface area contributed by atoms with Gasteiger partial charge in [-0.3, -0.25) is 7.32 Å². The molecule has 0 unspecified atom stereocenters. The van der Waals surface area contributed by atoms with Crippen LogP contribution in [0.1, 0.15) is 0 Å². The molecule has 0 bridgehead atoms. The van der Waals surface area contributed by atoms with Crippen LogP contribution in [0.25, 0.3) is 0 Å². The fourth-order valence-electron chi connectivity index (χ4n) is 0. The Kier molecular flexibility index (Phi) is 25.1. The van der Waals surface area contributed by atoms with E-state index in [9.17, 15) is 0 Å². The van der Waals surface area contributed by atoms with Gasteiger partial charge in [-0.1, -0.05) is 0 Å². The third-order valence-corrected chi connectivity index (χ3v) is 0. The van der Waals surface area contributed by atoms with Gasteiger partial charge in [-0.25, -0.2) is 0 Å². The van der Waals surface area contributed by atoms with Gasteiger partial charge in [0, 0.05) is 25.8 Å². The second-order valence-corrected chi connectivity index (χ2v) is 0.289. The predicted molar refractivity (Wildman–Crippen MR) is 11.5 cm³/mol. The molecule has 0 heterocycles. The summed E-state index contributed by atoms with van der Waals surface area (Å²) in [7, 11) is -2.92. The van der Waals surface area contributed by atoms with Crippen molar-refractivity contribution in [3.8, 4) is 0 Å². The molecular weight excluding hydrogens is 131 g/mol. The second-order valence-electron chi connectivity index (χ2n) is 0.289. The molecule has 0 aliphatic rings. The Bertz CT molecular complexity index is 15.5. The molecule has 0 saturated carbocycles. The first kappa shape index (κ1) is 15.7. The van der Waals surface area contributed by atoms with Gasteiger partial charge in [0.05, 0.1) is 0 Å². The molecule has 1 radical (unpaired) electrons. The summed E-state index contributed by atoms with van der Waals surface area (Å²) in [6.45, 7) is 0. The van der Waals surface area contributed by atoms with Gasteiger partial charge in [-0.15, -0.1) is 0 Å². The molecule has 0 fully saturated rings. The van der Waals surface area contributed by atoms with Gasteiger partial charge < -0.3 is 15.1 Å². The van der Waals surface area contributed by atoms with Gasteiger partial charge in [0.25, 0.3) is 0 Å². The number of rotatable bonds is 0. The first-order valence-electron chi connectivity index (χ1n) is 0.707. The van der Waals surface area contributed by atoms with Crippen molar-refractivity contribution in [2.24, 2.45) is 0 Å². The molecule has 0 aromatic rings. The van der Waals surface area contributed by atoms with Crippen LogP contribution >= 0.6 is 0 Å². The summed E-state index contributed by atoms with van der Waals surface area (Å²) in [5.74, 6) is 0. The van der Waals surface area contributed by atoms with Gasteiger partial charge in [-0.2, -0.15) is 0 Å². The fraction of sp³-hybridized carbons (Fsp3) is 0. The first-order chi connectivity index (χ1) is 1.73.